The van der Waals surface area contributed by atoms with Gasteiger partial charge < -0.3 is 9.80 Å². The van der Waals surface area contributed by atoms with Crippen LogP contribution >= 0.6 is 0 Å². The van der Waals surface area contributed by atoms with Crippen LogP contribution in [-0.4, -0.2) is 14.4 Å². The second kappa shape index (κ2) is 17.5. The monoisotopic (exact) mass is 833 g/mol. The number of hydrogen-bond acceptors (Lipinski definition) is 4. The maximum atomic E-state index is 5.16. The van der Waals surface area contributed by atoms with Crippen LogP contribution in [0.25, 0.3) is 61.5 Å². The van der Waals surface area contributed by atoms with E-state index in [4.69, 9.17) is 4.98 Å². The molecule has 11 aromatic rings. The summed E-state index contributed by atoms with van der Waals surface area (Å²) in [6, 6.07) is 85.7. The minimum atomic E-state index is 0.905. The molecule has 0 bridgehead atoms. The molecule has 5 heteroatoms. The van der Waals surface area contributed by atoms with E-state index in [1.165, 1.54) is 22.3 Å². The SMILES string of the molecule is c1ccc(-c2ccc(N(c3ccc(-c4ccccc4)cc3)c3ccc(-c4ccc(N(c5cccnc5)c5cccc(-c6nc7ccccn7c6-c6ccccc6)c5)cc4)cc3)cc2)cc1. The van der Waals surface area contributed by atoms with Crippen LogP contribution in [0.5, 0.6) is 0 Å². The van der Waals surface area contributed by atoms with Crippen LogP contribution in [0.1, 0.15) is 0 Å². The van der Waals surface area contributed by atoms with Gasteiger partial charge in [0.2, 0.25) is 0 Å². The fourth-order valence-corrected chi connectivity index (χ4v) is 8.71. The van der Waals surface area contributed by atoms with Crippen molar-refractivity contribution in [2.24, 2.45) is 0 Å². The highest BCUT2D eigenvalue weighted by atomic mass is 15.2. The average molecular weight is 834 g/mol. The van der Waals surface area contributed by atoms with Gasteiger partial charge in [-0.05, 0) is 118 Å². The number of aromatic nitrogens is 3. The summed E-state index contributed by atoms with van der Waals surface area (Å²) < 4.78 is 2.17. The lowest BCUT2D eigenvalue weighted by Crippen LogP contribution is -2.10. The van der Waals surface area contributed by atoms with E-state index < -0.39 is 0 Å². The van der Waals surface area contributed by atoms with Gasteiger partial charge in [0.05, 0.1) is 23.3 Å². The highest BCUT2D eigenvalue weighted by Crippen LogP contribution is 2.41. The Balaban J connectivity index is 0.919. The highest BCUT2D eigenvalue weighted by Gasteiger charge is 2.19. The zero-order chi connectivity index (χ0) is 43.4. The van der Waals surface area contributed by atoms with E-state index in [1.807, 2.05) is 30.6 Å². The summed E-state index contributed by atoms with van der Waals surface area (Å²) >= 11 is 0. The van der Waals surface area contributed by atoms with Crippen LogP contribution in [-0.2, 0) is 0 Å². The molecule has 0 aliphatic carbocycles. The predicted octanol–water partition coefficient (Wildman–Crippen LogP) is 16.0. The molecule has 0 saturated carbocycles. The van der Waals surface area contributed by atoms with Crippen molar-refractivity contribution in [1.82, 2.24) is 14.4 Å². The summed E-state index contributed by atoms with van der Waals surface area (Å²) in [7, 11) is 0. The third-order valence-electron chi connectivity index (χ3n) is 11.9. The Morgan fingerprint density at radius 2 is 0.723 bits per heavy atom. The molecule has 3 heterocycles. The van der Waals surface area contributed by atoms with Gasteiger partial charge in [-0.25, -0.2) is 4.98 Å². The van der Waals surface area contributed by atoms with Crippen LogP contribution in [0.3, 0.4) is 0 Å². The van der Waals surface area contributed by atoms with Gasteiger partial charge in [-0.2, -0.15) is 0 Å². The van der Waals surface area contributed by atoms with Crippen molar-refractivity contribution in [2.75, 3.05) is 9.80 Å². The summed E-state index contributed by atoms with van der Waals surface area (Å²) in [4.78, 5) is 14.3. The summed E-state index contributed by atoms with van der Waals surface area (Å²) in [6.07, 6.45) is 5.81. The molecule has 8 aromatic carbocycles. The molecule has 0 N–H and O–H groups in total. The van der Waals surface area contributed by atoms with Gasteiger partial charge in [0.15, 0.2) is 0 Å². The van der Waals surface area contributed by atoms with E-state index in [0.29, 0.717) is 0 Å². The largest absolute Gasteiger partial charge is 0.311 e. The van der Waals surface area contributed by atoms with Crippen LogP contribution in [0.15, 0.2) is 261 Å². The van der Waals surface area contributed by atoms with Crippen molar-refractivity contribution >= 4 is 39.8 Å². The maximum Gasteiger partial charge on any atom is 0.137 e. The first-order valence-electron chi connectivity index (χ1n) is 21.9. The second-order valence-electron chi connectivity index (χ2n) is 16.0. The third-order valence-corrected chi connectivity index (χ3v) is 11.9. The van der Waals surface area contributed by atoms with Crippen molar-refractivity contribution in [3.05, 3.63) is 261 Å². The van der Waals surface area contributed by atoms with Crippen LogP contribution in [0.2, 0.25) is 0 Å². The topological polar surface area (TPSA) is 36.7 Å². The Morgan fingerprint density at radius 1 is 0.308 bits per heavy atom. The lowest BCUT2D eigenvalue weighted by molar-refractivity contribution is 1.19. The van der Waals surface area contributed by atoms with E-state index in [2.05, 4.69) is 250 Å². The van der Waals surface area contributed by atoms with E-state index in [0.717, 1.165) is 73.4 Å². The Bertz CT molecular complexity index is 3230. The highest BCUT2D eigenvalue weighted by molar-refractivity contribution is 5.87. The third kappa shape index (κ3) is 7.95. The lowest BCUT2D eigenvalue weighted by atomic mass is 10.0. The quantitative estimate of drug-likeness (QED) is 0.130. The van der Waals surface area contributed by atoms with Crippen molar-refractivity contribution in [2.45, 2.75) is 0 Å². The van der Waals surface area contributed by atoms with Crippen molar-refractivity contribution in [3.8, 4) is 55.9 Å². The molecule has 3 aromatic heterocycles. The summed E-state index contributed by atoms with van der Waals surface area (Å²) in [5, 5.41) is 0. The number of nitrogens with zero attached hydrogens (tertiary/aromatic N) is 5. The molecule has 0 fully saturated rings. The predicted molar refractivity (Wildman–Crippen MR) is 270 cm³/mol. The van der Waals surface area contributed by atoms with E-state index >= 15 is 0 Å². The molecule has 5 nitrogen and oxygen atoms in total. The van der Waals surface area contributed by atoms with Crippen LogP contribution in [0.4, 0.5) is 34.1 Å². The van der Waals surface area contributed by atoms with E-state index in [9.17, 15) is 0 Å². The molecule has 11 rings (SSSR count). The van der Waals surface area contributed by atoms with Crippen LogP contribution in [0, 0.1) is 0 Å². The van der Waals surface area contributed by atoms with Crippen molar-refractivity contribution < 1.29 is 0 Å². The first kappa shape index (κ1) is 39.1. The van der Waals surface area contributed by atoms with Gasteiger partial charge in [0, 0.05) is 52.0 Å². The first-order chi connectivity index (χ1) is 32.2. The normalized spacial score (nSPS) is 11.1. The molecule has 0 aliphatic heterocycles. The number of anilines is 6. The van der Waals surface area contributed by atoms with Gasteiger partial charge in [-0.1, -0.05) is 158 Å². The van der Waals surface area contributed by atoms with Gasteiger partial charge in [0.1, 0.15) is 5.65 Å². The molecular formula is C60H43N5. The van der Waals surface area contributed by atoms with Gasteiger partial charge >= 0.3 is 0 Å². The molecule has 0 radical (unpaired) electrons. The lowest BCUT2D eigenvalue weighted by Gasteiger charge is -2.26. The van der Waals surface area contributed by atoms with Gasteiger partial charge in [-0.3, -0.25) is 9.38 Å². The molecule has 0 amide bonds. The van der Waals surface area contributed by atoms with E-state index in [-0.39, 0.29) is 0 Å². The number of pyridine rings is 2. The van der Waals surface area contributed by atoms with Crippen molar-refractivity contribution in [3.63, 3.8) is 0 Å². The molecule has 0 spiro atoms. The maximum absolute atomic E-state index is 5.16. The number of benzene rings is 8. The smallest absolute Gasteiger partial charge is 0.137 e. The summed E-state index contributed by atoms with van der Waals surface area (Å²) in [5.41, 5.74) is 18.3. The number of imidazole rings is 1. The molecule has 0 saturated heterocycles. The Kier molecular flexibility index (Phi) is 10.5. The molecule has 65 heavy (non-hydrogen) atoms. The fourth-order valence-electron chi connectivity index (χ4n) is 8.71. The molecule has 308 valence electrons. The van der Waals surface area contributed by atoms with Crippen molar-refractivity contribution in [1.29, 1.82) is 0 Å². The van der Waals surface area contributed by atoms with Crippen LogP contribution < -0.4 is 9.80 Å². The fraction of sp³-hybridized carbons (Fsp3) is 0. The minimum Gasteiger partial charge on any atom is -0.311 e. The Morgan fingerprint density at radius 3 is 1.20 bits per heavy atom. The number of fused-ring (bicyclic) bond motifs is 1. The summed E-state index contributed by atoms with van der Waals surface area (Å²) in [6.45, 7) is 0. The number of hydrogen-bond donors (Lipinski definition) is 0. The van der Waals surface area contributed by atoms with Gasteiger partial charge in [0.25, 0.3) is 0 Å². The Labute approximate surface area is 379 Å². The molecule has 0 unspecified atom stereocenters. The number of rotatable bonds is 11. The minimum absolute atomic E-state index is 0.905. The summed E-state index contributed by atoms with van der Waals surface area (Å²) in [5.74, 6) is 0. The second-order valence-corrected chi connectivity index (χ2v) is 16.0. The standard InChI is InChI=1S/C60H43N5/c1-4-14-44(15-5-1)46-24-32-52(33-25-46)64(53-34-26-47(27-35-53)45-16-6-2-7-17-45)54-36-28-48(29-37-54)49-30-38-55(39-31-49)65(57-22-13-40-61-43-57)56-21-12-20-51(42-56)59-60(50-18-8-3-9-19-50)63-41-11-10-23-58(63)62-59/h1-43H. The molecular weight excluding hydrogens is 791 g/mol. The van der Waals surface area contributed by atoms with Gasteiger partial charge in [-0.15, -0.1) is 0 Å². The zero-order valence-electron chi connectivity index (χ0n) is 35.6. The molecule has 0 aliphatic rings. The average Bonchev–Trinajstić information content (AvgIpc) is 3.79. The molecule has 0 atom stereocenters. The van der Waals surface area contributed by atoms with E-state index in [1.54, 1.807) is 0 Å². The first-order valence-corrected chi connectivity index (χ1v) is 21.9. The Hall–Kier alpha value is -8.80. The zero-order valence-corrected chi connectivity index (χ0v) is 35.6.